The number of benzene rings is 1. The summed E-state index contributed by atoms with van der Waals surface area (Å²) in [5.41, 5.74) is 2.41. The molecule has 2 heterocycles. The highest BCUT2D eigenvalue weighted by Crippen LogP contribution is 2.22. The van der Waals surface area contributed by atoms with Gasteiger partial charge in [0.15, 0.2) is 0 Å². The van der Waals surface area contributed by atoms with Crippen LogP contribution in [0.25, 0.3) is 10.9 Å². The molecule has 0 bridgehead atoms. The van der Waals surface area contributed by atoms with Crippen LogP contribution in [-0.4, -0.2) is 64.9 Å². The SMILES string of the molecule is Cc1cc(C(=O)N2CCN(C(C)C(=O)NC3CC3)CC2)c2ccccc2n1. The van der Waals surface area contributed by atoms with Gasteiger partial charge in [-0.3, -0.25) is 19.5 Å². The fraction of sp³-hybridized carbons (Fsp3) is 0.476. The van der Waals surface area contributed by atoms with Crippen LogP contribution in [0.1, 0.15) is 35.8 Å². The van der Waals surface area contributed by atoms with E-state index in [2.05, 4.69) is 15.2 Å². The molecule has 2 fully saturated rings. The molecule has 1 aliphatic heterocycles. The monoisotopic (exact) mass is 366 g/mol. The van der Waals surface area contributed by atoms with E-state index in [4.69, 9.17) is 0 Å². The number of nitrogens with zero attached hydrogens (tertiary/aromatic N) is 3. The fourth-order valence-electron chi connectivity index (χ4n) is 3.68. The molecule has 1 atom stereocenters. The summed E-state index contributed by atoms with van der Waals surface area (Å²) in [6.07, 6.45) is 2.19. The maximum absolute atomic E-state index is 13.1. The summed E-state index contributed by atoms with van der Waals surface area (Å²) in [6, 6.07) is 9.89. The van der Waals surface area contributed by atoms with Crippen LogP contribution in [0.4, 0.5) is 0 Å². The molecule has 0 spiro atoms. The average Bonchev–Trinajstić information content (AvgIpc) is 3.50. The quantitative estimate of drug-likeness (QED) is 0.898. The molecule has 4 rings (SSSR count). The number of pyridine rings is 1. The van der Waals surface area contributed by atoms with Crippen LogP contribution in [0.15, 0.2) is 30.3 Å². The Morgan fingerprint density at radius 2 is 1.85 bits per heavy atom. The molecule has 2 amide bonds. The van der Waals surface area contributed by atoms with Gasteiger partial charge < -0.3 is 10.2 Å². The Labute approximate surface area is 159 Å². The third kappa shape index (κ3) is 3.81. The molecule has 27 heavy (non-hydrogen) atoms. The lowest BCUT2D eigenvalue weighted by molar-refractivity contribution is -0.126. The van der Waals surface area contributed by atoms with Crippen LogP contribution < -0.4 is 5.32 Å². The second-order valence-electron chi connectivity index (χ2n) is 7.62. The van der Waals surface area contributed by atoms with Gasteiger partial charge in [-0.15, -0.1) is 0 Å². The van der Waals surface area contributed by atoms with Crippen LogP contribution in [0.3, 0.4) is 0 Å². The fourth-order valence-corrected chi connectivity index (χ4v) is 3.68. The van der Waals surface area contributed by atoms with Crippen molar-refractivity contribution in [2.75, 3.05) is 26.2 Å². The Bertz CT molecular complexity index is 870. The summed E-state index contributed by atoms with van der Waals surface area (Å²) in [5.74, 6) is 0.152. The van der Waals surface area contributed by atoms with Crippen LogP contribution in [0.2, 0.25) is 0 Å². The van der Waals surface area contributed by atoms with Gasteiger partial charge in [0.05, 0.1) is 17.1 Å². The van der Waals surface area contributed by atoms with E-state index in [0.717, 1.165) is 29.4 Å². The van der Waals surface area contributed by atoms with E-state index < -0.39 is 0 Å². The molecule has 1 aliphatic carbocycles. The molecule has 6 heteroatoms. The van der Waals surface area contributed by atoms with E-state index in [1.165, 1.54) is 0 Å². The largest absolute Gasteiger partial charge is 0.352 e. The third-order valence-electron chi connectivity index (χ3n) is 5.53. The summed E-state index contributed by atoms with van der Waals surface area (Å²) in [5, 5.41) is 3.97. The van der Waals surface area contributed by atoms with Gasteiger partial charge in [-0.05, 0) is 38.8 Å². The van der Waals surface area contributed by atoms with Crippen molar-refractivity contribution in [2.45, 2.75) is 38.8 Å². The van der Waals surface area contributed by atoms with E-state index in [9.17, 15) is 9.59 Å². The van der Waals surface area contributed by atoms with Crippen LogP contribution in [-0.2, 0) is 4.79 Å². The van der Waals surface area contributed by atoms with E-state index in [-0.39, 0.29) is 17.9 Å². The summed E-state index contributed by atoms with van der Waals surface area (Å²) in [4.78, 5) is 34.0. The van der Waals surface area contributed by atoms with Gasteiger partial charge in [0.2, 0.25) is 5.91 Å². The number of para-hydroxylation sites is 1. The summed E-state index contributed by atoms with van der Waals surface area (Å²) in [7, 11) is 0. The number of fused-ring (bicyclic) bond motifs is 1. The van der Waals surface area contributed by atoms with Gasteiger partial charge in [0.25, 0.3) is 5.91 Å². The van der Waals surface area contributed by atoms with Crippen LogP contribution in [0, 0.1) is 6.92 Å². The number of rotatable bonds is 4. The molecule has 2 aliphatic rings. The van der Waals surface area contributed by atoms with Crippen molar-refractivity contribution in [3.63, 3.8) is 0 Å². The zero-order chi connectivity index (χ0) is 19.0. The van der Waals surface area contributed by atoms with Crippen molar-refractivity contribution in [2.24, 2.45) is 0 Å². The highest BCUT2D eigenvalue weighted by Gasteiger charge is 2.31. The first-order valence-electron chi connectivity index (χ1n) is 9.73. The number of nitrogens with one attached hydrogen (secondary N) is 1. The highest BCUT2D eigenvalue weighted by molar-refractivity contribution is 6.06. The molecule has 6 nitrogen and oxygen atoms in total. The van der Waals surface area contributed by atoms with Gasteiger partial charge in [-0.25, -0.2) is 0 Å². The molecule has 1 N–H and O–H groups in total. The number of piperazine rings is 1. The zero-order valence-electron chi connectivity index (χ0n) is 15.9. The Hall–Kier alpha value is -2.47. The Kier molecular flexibility index (Phi) is 4.83. The van der Waals surface area contributed by atoms with Crippen LogP contribution >= 0.6 is 0 Å². The number of aryl methyl sites for hydroxylation is 1. The molecular weight excluding hydrogens is 340 g/mol. The topological polar surface area (TPSA) is 65.5 Å². The molecule has 1 saturated heterocycles. The minimum atomic E-state index is -0.146. The van der Waals surface area contributed by atoms with Crippen molar-refractivity contribution in [3.8, 4) is 0 Å². The van der Waals surface area contributed by atoms with Crippen molar-refractivity contribution >= 4 is 22.7 Å². The Balaban J connectivity index is 1.44. The first-order valence-corrected chi connectivity index (χ1v) is 9.73. The second-order valence-corrected chi connectivity index (χ2v) is 7.62. The van der Waals surface area contributed by atoms with Gasteiger partial charge in [0, 0.05) is 43.3 Å². The van der Waals surface area contributed by atoms with E-state index >= 15 is 0 Å². The van der Waals surface area contributed by atoms with Crippen LogP contribution in [0.5, 0.6) is 0 Å². The van der Waals surface area contributed by atoms with Gasteiger partial charge in [-0.1, -0.05) is 18.2 Å². The van der Waals surface area contributed by atoms with E-state index in [1.54, 1.807) is 0 Å². The predicted molar refractivity (Wildman–Crippen MR) is 105 cm³/mol. The predicted octanol–water partition coefficient (Wildman–Crippen LogP) is 1.97. The lowest BCUT2D eigenvalue weighted by Gasteiger charge is -2.37. The van der Waals surface area contributed by atoms with Gasteiger partial charge in [0.1, 0.15) is 0 Å². The zero-order valence-corrected chi connectivity index (χ0v) is 15.9. The first kappa shape index (κ1) is 17.9. The lowest BCUT2D eigenvalue weighted by Crippen LogP contribution is -2.55. The molecule has 1 unspecified atom stereocenters. The minimum Gasteiger partial charge on any atom is -0.352 e. The standard InChI is InChI=1S/C21H26N4O2/c1-14-13-18(17-5-3-4-6-19(17)22-14)21(27)25-11-9-24(10-12-25)15(2)20(26)23-16-7-8-16/h3-6,13,15-16H,7-12H2,1-2H3,(H,23,26). The number of aromatic nitrogens is 1. The van der Waals surface area contributed by atoms with Gasteiger partial charge >= 0.3 is 0 Å². The van der Waals surface area contributed by atoms with Crippen molar-refractivity contribution in [1.29, 1.82) is 0 Å². The number of amides is 2. The smallest absolute Gasteiger partial charge is 0.254 e. The summed E-state index contributed by atoms with van der Waals surface area (Å²) >= 11 is 0. The Morgan fingerprint density at radius 1 is 1.15 bits per heavy atom. The van der Waals surface area contributed by atoms with Crippen molar-refractivity contribution < 1.29 is 9.59 Å². The maximum atomic E-state index is 13.1. The molecular formula is C21H26N4O2. The lowest BCUT2D eigenvalue weighted by atomic mass is 10.1. The number of hydrogen-bond acceptors (Lipinski definition) is 4. The molecule has 1 aromatic carbocycles. The molecule has 1 saturated carbocycles. The molecule has 142 valence electrons. The molecule has 1 aromatic heterocycles. The molecule has 2 aromatic rings. The van der Waals surface area contributed by atoms with Crippen molar-refractivity contribution in [3.05, 3.63) is 41.6 Å². The number of carbonyl (C=O) groups is 2. The Morgan fingerprint density at radius 3 is 2.56 bits per heavy atom. The average molecular weight is 366 g/mol. The second kappa shape index (κ2) is 7.27. The number of carbonyl (C=O) groups excluding carboxylic acids is 2. The summed E-state index contributed by atoms with van der Waals surface area (Å²) < 4.78 is 0. The van der Waals surface area contributed by atoms with E-state index in [0.29, 0.717) is 37.8 Å². The highest BCUT2D eigenvalue weighted by atomic mass is 16.2. The summed E-state index contributed by atoms with van der Waals surface area (Å²) in [6.45, 7) is 6.57. The molecule has 0 radical (unpaired) electrons. The van der Waals surface area contributed by atoms with Gasteiger partial charge in [-0.2, -0.15) is 0 Å². The van der Waals surface area contributed by atoms with E-state index in [1.807, 2.05) is 49.1 Å². The maximum Gasteiger partial charge on any atom is 0.254 e. The third-order valence-corrected chi connectivity index (χ3v) is 5.53. The minimum absolute atomic E-state index is 0.0476. The normalized spacial score (nSPS) is 19.1. The first-order chi connectivity index (χ1) is 13.0. The van der Waals surface area contributed by atoms with Crippen molar-refractivity contribution in [1.82, 2.24) is 20.1 Å². The number of hydrogen-bond donors (Lipinski definition) is 1.